The van der Waals surface area contributed by atoms with Crippen molar-refractivity contribution in [3.05, 3.63) is 28.9 Å². The van der Waals surface area contributed by atoms with Crippen LogP contribution in [-0.4, -0.2) is 4.98 Å². The zero-order valence-electron chi connectivity index (χ0n) is 7.29. The highest BCUT2D eigenvalue weighted by atomic mass is 32.1. The van der Waals surface area contributed by atoms with Gasteiger partial charge in [0.05, 0.1) is 10.4 Å². The SMILES string of the molecule is CCc1nc(C)cc2ccsc12. The number of thiophene rings is 1. The molecule has 2 aromatic heterocycles. The summed E-state index contributed by atoms with van der Waals surface area (Å²) in [5.41, 5.74) is 2.36. The number of aromatic nitrogens is 1. The van der Waals surface area contributed by atoms with Gasteiger partial charge in [-0.15, -0.1) is 11.3 Å². The first-order chi connectivity index (χ1) is 5.81. The summed E-state index contributed by atoms with van der Waals surface area (Å²) >= 11 is 1.78. The standard InChI is InChI=1S/C10H11NS/c1-3-9-10-8(4-5-12-10)6-7(2)11-9/h4-6H,3H2,1-2H3. The van der Waals surface area contributed by atoms with E-state index in [4.69, 9.17) is 0 Å². The summed E-state index contributed by atoms with van der Waals surface area (Å²) in [6.45, 7) is 4.21. The van der Waals surface area contributed by atoms with Crippen molar-refractivity contribution in [2.45, 2.75) is 20.3 Å². The van der Waals surface area contributed by atoms with Gasteiger partial charge in [0.2, 0.25) is 0 Å². The van der Waals surface area contributed by atoms with Crippen LogP contribution in [0.1, 0.15) is 18.3 Å². The average molecular weight is 177 g/mol. The monoisotopic (exact) mass is 177 g/mol. The molecule has 0 saturated heterocycles. The zero-order valence-corrected chi connectivity index (χ0v) is 8.11. The summed E-state index contributed by atoms with van der Waals surface area (Å²) in [7, 11) is 0. The number of fused-ring (bicyclic) bond motifs is 1. The number of hydrogen-bond donors (Lipinski definition) is 0. The van der Waals surface area contributed by atoms with E-state index in [0.29, 0.717) is 0 Å². The molecule has 0 aliphatic carbocycles. The molecule has 0 bridgehead atoms. The van der Waals surface area contributed by atoms with Crippen molar-refractivity contribution in [2.24, 2.45) is 0 Å². The van der Waals surface area contributed by atoms with Crippen molar-refractivity contribution in [1.29, 1.82) is 0 Å². The highest BCUT2D eigenvalue weighted by Gasteiger charge is 2.02. The normalized spacial score (nSPS) is 10.8. The molecule has 0 fully saturated rings. The Balaban J connectivity index is 2.80. The minimum Gasteiger partial charge on any atom is -0.257 e. The summed E-state index contributed by atoms with van der Waals surface area (Å²) in [6.07, 6.45) is 1.03. The van der Waals surface area contributed by atoms with Gasteiger partial charge >= 0.3 is 0 Å². The first-order valence-electron chi connectivity index (χ1n) is 4.15. The van der Waals surface area contributed by atoms with E-state index >= 15 is 0 Å². The van der Waals surface area contributed by atoms with E-state index in [-0.39, 0.29) is 0 Å². The van der Waals surface area contributed by atoms with Gasteiger partial charge in [-0.25, -0.2) is 0 Å². The van der Waals surface area contributed by atoms with Gasteiger partial charge in [-0.05, 0) is 36.2 Å². The minimum atomic E-state index is 1.03. The molecule has 0 unspecified atom stereocenters. The van der Waals surface area contributed by atoms with Crippen LogP contribution >= 0.6 is 11.3 Å². The zero-order chi connectivity index (χ0) is 8.55. The van der Waals surface area contributed by atoms with Gasteiger partial charge in [0.25, 0.3) is 0 Å². The van der Waals surface area contributed by atoms with Crippen molar-refractivity contribution in [3.63, 3.8) is 0 Å². The second kappa shape index (κ2) is 2.87. The molecule has 0 saturated carbocycles. The quantitative estimate of drug-likeness (QED) is 0.652. The molecule has 0 atom stereocenters. The Labute approximate surface area is 76.1 Å². The first-order valence-corrected chi connectivity index (χ1v) is 5.03. The molecule has 0 spiro atoms. The van der Waals surface area contributed by atoms with Gasteiger partial charge < -0.3 is 0 Å². The van der Waals surface area contributed by atoms with E-state index < -0.39 is 0 Å². The molecular weight excluding hydrogens is 166 g/mol. The van der Waals surface area contributed by atoms with Crippen LogP contribution in [0.5, 0.6) is 0 Å². The molecule has 0 amide bonds. The lowest BCUT2D eigenvalue weighted by atomic mass is 10.2. The van der Waals surface area contributed by atoms with Gasteiger partial charge in [0, 0.05) is 5.69 Å². The van der Waals surface area contributed by atoms with E-state index in [0.717, 1.165) is 12.1 Å². The molecule has 2 rings (SSSR count). The third kappa shape index (κ3) is 1.12. The Kier molecular flexibility index (Phi) is 1.85. The number of pyridine rings is 1. The lowest BCUT2D eigenvalue weighted by molar-refractivity contribution is 1.03. The topological polar surface area (TPSA) is 12.9 Å². The fourth-order valence-electron chi connectivity index (χ4n) is 1.43. The second-order valence-corrected chi connectivity index (χ2v) is 3.82. The maximum Gasteiger partial charge on any atom is 0.0581 e. The van der Waals surface area contributed by atoms with Crippen LogP contribution in [-0.2, 0) is 6.42 Å². The van der Waals surface area contributed by atoms with Crippen LogP contribution in [0.2, 0.25) is 0 Å². The maximum absolute atomic E-state index is 4.50. The summed E-state index contributed by atoms with van der Waals surface area (Å²) in [5, 5.41) is 3.47. The van der Waals surface area contributed by atoms with Crippen LogP contribution in [0.3, 0.4) is 0 Å². The maximum atomic E-state index is 4.50. The van der Waals surface area contributed by atoms with Gasteiger partial charge in [0.1, 0.15) is 0 Å². The smallest absolute Gasteiger partial charge is 0.0581 e. The van der Waals surface area contributed by atoms with Crippen LogP contribution < -0.4 is 0 Å². The second-order valence-electron chi connectivity index (χ2n) is 2.90. The fourth-order valence-corrected chi connectivity index (χ4v) is 2.37. The third-order valence-corrected chi connectivity index (χ3v) is 2.95. The molecule has 2 heteroatoms. The van der Waals surface area contributed by atoms with Crippen molar-refractivity contribution in [3.8, 4) is 0 Å². The van der Waals surface area contributed by atoms with Crippen LogP contribution in [0.4, 0.5) is 0 Å². The molecule has 0 aliphatic heterocycles. The van der Waals surface area contributed by atoms with Crippen LogP contribution in [0.15, 0.2) is 17.5 Å². The van der Waals surface area contributed by atoms with Crippen molar-refractivity contribution in [2.75, 3.05) is 0 Å². The van der Waals surface area contributed by atoms with E-state index in [2.05, 4.69) is 36.3 Å². The molecule has 2 heterocycles. The Morgan fingerprint density at radius 2 is 2.33 bits per heavy atom. The fraction of sp³-hybridized carbons (Fsp3) is 0.300. The van der Waals surface area contributed by atoms with E-state index in [1.165, 1.54) is 15.8 Å². The van der Waals surface area contributed by atoms with Gasteiger partial charge in [-0.2, -0.15) is 0 Å². The van der Waals surface area contributed by atoms with E-state index in [9.17, 15) is 0 Å². The largest absolute Gasteiger partial charge is 0.257 e. The van der Waals surface area contributed by atoms with E-state index in [1.54, 1.807) is 11.3 Å². The number of nitrogens with zero attached hydrogens (tertiary/aromatic N) is 1. The van der Waals surface area contributed by atoms with Crippen LogP contribution in [0, 0.1) is 6.92 Å². The summed E-state index contributed by atoms with van der Waals surface area (Å²) in [5.74, 6) is 0. The number of aryl methyl sites for hydroxylation is 2. The molecule has 0 N–H and O–H groups in total. The lowest BCUT2D eigenvalue weighted by Crippen LogP contribution is -1.89. The molecule has 1 nitrogen and oxygen atoms in total. The Bertz CT molecular complexity index is 403. The van der Waals surface area contributed by atoms with Gasteiger partial charge in [0.15, 0.2) is 0 Å². The molecule has 0 radical (unpaired) electrons. The Hall–Kier alpha value is -0.890. The van der Waals surface area contributed by atoms with Crippen LogP contribution in [0.25, 0.3) is 10.1 Å². The Morgan fingerprint density at radius 1 is 1.50 bits per heavy atom. The van der Waals surface area contributed by atoms with Crippen molar-refractivity contribution < 1.29 is 0 Å². The highest BCUT2D eigenvalue weighted by molar-refractivity contribution is 7.17. The predicted octanol–water partition coefficient (Wildman–Crippen LogP) is 3.17. The molecule has 0 aromatic carbocycles. The van der Waals surface area contributed by atoms with E-state index in [1.807, 2.05) is 0 Å². The van der Waals surface area contributed by atoms with Crippen molar-refractivity contribution in [1.82, 2.24) is 4.98 Å². The van der Waals surface area contributed by atoms with Gasteiger partial charge in [-0.3, -0.25) is 4.98 Å². The summed E-state index contributed by atoms with van der Waals surface area (Å²) < 4.78 is 1.35. The van der Waals surface area contributed by atoms with Crippen molar-refractivity contribution >= 4 is 21.4 Å². The Morgan fingerprint density at radius 3 is 3.08 bits per heavy atom. The number of rotatable bonds is 1. The summed E-state index contributed by atoms with van der Waals surface area (Å²) in [6, 6.07) is 4.30. The predicted molar refractivity (Wildman–Crippen MR) is 53.7 cm³/mol. The third-order valence-electron chi connectivity index (χ3n) is 1.97. The number of hydrogen-bond acceptors (Lipinski definition) is 2. The highest BCUT2D eigenvalue weighted by Crippen LogP contribution is 2.24. The van der Waals surface area contributed by atoms with Gasteiger partial charge in [-0.1, -0.05) is 6.92 Å². The summed E-state index contributed by atoms with van der Waals surface area (Å²) in [4.78, 5) is 4.50. The molecular formula is C10H11NS. The molecule has 0 aliphatic rings. The average Bonchev–Trinajstić information content (AvgIpc) is 2.50. The molecule has 62 valence electrons. The molecule has 2 aromatic rings. The molecule has 12 heavy (non-hydrogen) atoms. The lowest BCUT2D eigenvalue weighted by Gasteiger charge is -1.99. The minimum absolute atomic E-state index is 1.03. The first kappa shape index (κ1) is 7.74.